The van der Waals surface area contributed by atoms with E-state index in [-0.39, 0.29) is 22.9 Å². The average Bonchev–Trinajstić information content (AvgIpc) is 3.63. The van der Waals surface area contributed by atoms with Gasteiger partial charge >= 0.3 is 0 Å². The molecule has 7 nitrogen and oxygen atoms in total. The van der Waals surface area contributed by atoms with E-state index >= 15 is 0 Å². The zero-order valence-corrected chi connectivity index (χ0v) is 16.9. The summed E-state index contributed by atoms with van der Waals surface area (Å²) < 4.78 is 6.92. The van der Waals surface area contributed by atoms with Crippen LogP contribution in [0.15, 0.2) is 71.9 Å². The number of hydrogen-bond donors (Lipinski definition) is 1. The molecule has 1 amide bonds. The van der Waals surface area contributed by atoms with Crippen molar-refractivity contribution in [3.8, 4) is 22.7 Å². The average molecular weight is 412 g/mol. The zero-order valence-electron chi connectivity index (χ0n) is 16.9. The van der Waals surface area contributed by atoms with Crippen LogP contribution in [0.2, 0.25) is 0 Å². The van der Waals surface area contributed by atoms with Crippen LogP contribution in [0, 0.1) is 0 Å². The molecule has 4 aromatic rings. The Morgan fingerprint density at radius 1 is 1.10 bits per heavy atom. The third-order valence-electron chi connectivity index (χ3n) is 5.32. The number of aromatic nitrogens is 3. The maximum Gasteiger partial charge on any atom is 0.257 e. The molecule has 3 aromatic heterocycles. The molecule has 0 aliphatic heterocycles. The van der Waals surface area contributed by atoms with Crippen molar-refractivity contribution in [2.24, 2.45) is 0 Å². The largest absolute Gasteiger partial charge is 0.481 e. The highest BCUT2D eigenvalue weighted by molar-refractivity contribution is 5.97. The van der Waals surface area contributed by atoms with Crippen molar-refractivity contribution in [3.63, 3.8) is 0 Å². The molecule has 1 aliphatic carbocycles. The number of nitrogens with one attached hydrogen (secondary N) is 1. The fourth-order valence-corrected chi connectivity index (χ4v) is 3.52. The molecule has 31 heavy (non-hydrogen) atoms. The number of carbonyl (C=O) groups excluding carboxylic acids is 1. The van der Waals surface area contributed by atoms with Crippen molar-refractivity contribution in [1.29, 1.82) is 0 Å². The number of nitrogens with zero attached hydrogens (tertiary/aromatic N) is 3. The molecule has 154 valence electrons. The molecule has 3 heterocycles. The molecule has 1 aromatic carbocycles. The van der Waals surface area contributed by atoms with E-state index in [9.17, 15) is 9.59 Å². The lowest BCUT2D eigenvalue weighted by Crippen LogP contribution is -2.31. The number of ether oxygens (including phenoxy) is 1. The minimum absolute atomic E-state index is 0.115. The lowest BCUT2D eigenvalue weighted by atomic mass is 10.1. The summed E-state index contributed by atoms with van der Waals surface area (Å²) in [6.07, 6.45) is 6.87. The Morgan fingerprint density at radius 3 is 2.71 bits per heavy atom. The van der Waals surface area contributed by atoms with Crippen LogP contribution in [-0.4, -0.2) is 33.6 Å². The lowest BCUT2D eigenvalue weighted by Gasteiger charge is -2.14. The van der Waals surface area contributed by atoms with E-state index in [0.717, 1.165) is 29.7 Å². The Hall–Kier alpha value is -4.00. The van der Waals surface area contributed by atoms with Gasteiger partial charge in [-0.05, 0) is 48.7 Å². The van der Waals surface area contributed by atoms with E-state index in [1.807, 2.05) is 30.3 Å². The Kier molecular flexibility index (Phi) is 4.71. The summed E-state index contributed by atoms with van der Waals surface area (Å²) in [5, 5.41) is 3.31. The zero-order chi connectivity index (χ0) is 21.4. The van der Waals surface area contributed by atoms with Gasteiger partial charge in [0.1, 0.15) is 11.2 Å². The predicted octanol–water partition coefficient (Wildman–Crippen LogP) is 3.35. The number of amides is 1. The Morgan fingerprint density at radius 2 is 1.97 bits per heavy atom. The van der Waals surface area contributed by atoms with Crippen LogP contribution in [0.4, 0.5) is 0 Å². The highest BCUT2D eigenvalue weighted by Gasteiger charge is 2.26. The summed E-state index contributed by atoms with van der Waals surface area (Å²) in [6, 6.07) is 15.1. The van der Waals surface area contributed by atoms with E-state index in [2.05, 4.69) is 15.3 Å². The molecule has 0 bridgehead atoms. The van der Waals surface area contributed by atoms with Crippen molar-refractivity contribution in [2.75, 3.05) is 7.11 Å². The highest BCUT2D eigenvalue weighted by atomic mass is 16.5. The first-order valence-corrected chi connectivity index (χ1v) is 10.1. The van der Waals surface area contributed by atoms with E-state index in [1.54, 1.807) is 48.5 Å². The number of hydrogen-bond acceptors (Lipinski definition) is 5. The van der Waals surface area contributed by atoms with Gasteiger partial charge in [-0.2, -0.15) is 0 Å². The number of fused-ring (bicyclic) bond motifs is 1. The van der Waals surface area contributed by atoms with Gasteiger partial charge in [0, 0.05) is 41.9 Å². The van der Waals surface area contributed by atoms with E-state index in [4.69, 9.17) is 4.74 Å². The topological polar surface area (TPSA) is 86.1 Å². The lowest BCUT2D eigenvalue weighted by molar-refractivity contribution is 0.0949. The molecule has 7 heteroatoms. The van der Waals surface area contributed by atoms with Gasteiger partial charge in [0.25, 0.3) is 5.91 Å². The Labute approximate surface area is 178 Å². The molecule has 0 spiro atoms. The summed E-state index contributed by atoms with van der Waals surface area (Å²) in [6.45, 7) is 0. The number of carbonyl (C=O) groups is 1. The molecule has 0 unspecified atom stereocenters. The standard InChI is InChI=1S/C24H20N4O3/c1-31-21-10-7-16(13-26-21)15-4-2-5-18(12-15)28-14-20(24(30)27-17-8-9-17)22(29)19-6-3-11-25-23(19)28/h2-7,10-14,17H,8-9H2,1H3,(H,27,30). The fourth-order valence-electron chi connectivity index (χ4n) is 3.52. The first-order chi connectivity index (χ1) is 15.1. The van der Waals surface area contributed by atoms with E-state index in [0.29, 0.717) is 16.9 Å². The van der Waals surface area contributed by atoms with Gasteiger partial charge in [-0.3, -0.25) is 9.59 Å². The molecule has 1 fully saturated rings. The highest BCUT2D eigenvalue weighted by Crippen LogP contribution is 2.25. The van der Waals surface area contributed by atoms with Crippen molar-refractivity contribution < 1.29 is 9.53 Å². The fraction of sp³-hybridized carbons (Fsp3) is 0.167. The second-order valence-electron chi connectivity index (χ2n) is 7.50. The summed E-state index contributed by atoms with van der Waals surface area (Å²) in [5.41, 5.74) is 2.96. The molecule has 0 radical (unpaired) electrons. The van der Waals surface area contributed by atoms with Crippen LogP contribution in [-0.2, 0) is 0 Å². The van der Waals surface area contributed by atoms with E-state index < -0.39 is 0 Å². The summed E-state index contributed by atoms with van der Waals surface area (Å²) in [4.78, 5) is 34.4. The number of pyridine rings is 3. The van der Waals surface area contributed by atoms with Gasteiger partial charge in [0.2, 0.25) is 11.3 Å². The quantitative estimate of drug-likeness (QED) is 0.543. The molecular weight excluding hydrogens is 392 g/mol. The summed E-state index contributed by atoms with van der Waals surface area (Å²) in [5.74, 6) is 0.198. The molecule has 1 N–H and O–H groups in total. The van der Waals surface area contributed by atoms with E-state index in [1.165, 1.54) is 0 Å². The minimum atomic E-state index is -0.345. The van der Waals surface area contributed by atoms with Crippen LogP contribution in [0.25, 0.3) is 27.8 Å². The van der Waals surface area contributed by atoms with Crippen molar-refractivity contribution in [1.82, 2.24) is 19.9 Å². The van der Waals surface area contributed by atoms with Crippen molar-refractivity contribution in [2.45, 2.75) is 18.9 Å². The monoisotopic (exact) mass is 412 g/mol. The second-order valence-corrected chi connectivity index (χ2v) is 7.50. The van der Waals surface area contributed by atoms with Gasteiger partial charge in [-0.25, -0.2) is 9.97 Å². The maximum absolute atomic E-state index is 13.0. The van der Waals surface area contributed by atoms with Gasteiger partial charge in [-0.1, -0.05) is 12.1 Å². The number of rotatable bonds is 5. The van der Waals surface area contributed by atoms with Crippen LogP contribution >= 0.6 is 0 Å². The molecule has 0 atom stereocenters. The SMILES string of the molecule is COc1ccc(-c2cccc(-n3cc(C(=O)NC4CC4)c(=O)c4cccnc43)c2)cn1. The maximum atomic E-state index is 13.0. The first-order valence-electron chi connectivity index (χ1n) is 10.1. The third kappa shape index (κ3) is 3.66. The van der Waals surface area contributed by atoms with Crippen LogP contribution in [0.5, 0.6) is 5.88 Å². The predicted molar refractivity (Wildman–Crippen MR) is 118 cm³/mol. The normalized spacial score (nSPS) is 13.2. The van der Waals surface area contributed by atoms with Gasteiger partial charge < -0.3 is 14.6 Å². The van der Waals surface area contributed by atoms with Gasteiger partial charge in [0.15, 0.2) is 0 Å². The van der Waals surface area contributed by atoms with Crippen LogP contribution in [0.1, 0.15) is 23.2 Å². The molecule has 1 saturated carbocycles. The van der Waals surface area contributed by atoms with Gasteiger partial charge in [0.05, 0.1) is 12.5 Å². The van der Waals surface area contributed by atoms with Crippen molar-refractivity contribution in [3.05, 3.63) is 82.9 Å². The number of methoxy groups -OCH3 is 1. The van der Waals surface area contributed by atoms with Crippen LogP contribution < -0.4 is 15.5 Å². The molecular formula is C24H20N4O3. The third-order valence-corrected chi connectivity index (χ3v) is 5.32. The second kappa shape index (κ2) is 7.68. The molecule has 1 aliphatic rings. The number of benzene rings is 1. The summed E-state index contributed by atoms with van der Waals surface area (Å²) >= 11 is 0. The van der Waals surface area contributed by atoms with Gasteiger partial charge in [-0.15, -0.1) is 0 Å². The summed E-state index contributed by atoms with van der Waals surface area (Å²) in [7, 11) is 1.58. The Balaban J connectivity index is 1.64. The smallest absolute Gasteiger partial charge is 0.257 e. The van der Waals surface area contributed by atoms with Crippen molar-refractivity contribution >= 4 is 16.9 Å². The first kappa shape index (κ1) is 19.0. The minimum Gasteiger partial charge on any atom is -0.481 e. The molecule has 5 rings (SSSR count). The molecule has 0 saturated heterocycles. The van der Waals surface area contributed by atoms with Crippen LogP contribution in [0.3, 0.4) is 0 Å². The Bertz CT molecular complexity index is 1340.